The minimum absolute atomic E-state index is 0.115. The number of piperazine rings is 1. The molecule has 1 aliphatic heterocycles. The van der Waals surface area contributed by atoms with Crippen LogP contribution in [-0.2, 0) is 0 Å². The van der Waals surface area contributed by atoms with Gasteiger partial charge in [0.15, 0.2) is 5.78 Å². The first-order valence-electron chi connectivity index (χ1n) is 8.21. The fourth-order valence-corrected chi connectivity index (χ4v) is 2.82. The summed E-state index contributed by atoms with van der Waals surface area (Å²) in [6.45, 7) is 7.89. The third kappa shape index (κ3) is 3.71. The fourth-order valence-electron chi connectivity index (χ4n) is 2.82. The second kappa shape index (κ2) is 7.10. The molecule has 0 amide bonds. The van der Waals surface area contributed by atoms with E-state index in [4.69, 9.17) is 4.74 Å². The minimum atomic E-state index is 0.115. The third-order valence-electron chi connectivity index (χ3n) is 4.38. The van der Waals surface area contributed by atoms with Crippen molar-refractivity contribution >= 4 is 11.3 Å². The lowest BCUT2D eigenvalue weighted by atomic mass is 10.1. The summed E-state index contributed by atoms with van der Waals surface area (Å²) in [6.07, 6.45) is 3.96. The third-order valence-corrected chi connectivity index (χ3v) is 4.38. The maximum absolute atomic E-state index is 11.9. The van der Waals surface area contributed by atoms with Crippen LogP contribution in [0.15, 0.2) is 24.5 Å². The standard InChI is InChI=1S/C17H24N4O2/c1-3-17(22)15-12-18-21-13-14(4-5-16(15)21)23-11-10-20-8-6-19(2)7-9-20/h4-5,12-13H,3,6-11H2,1-2H3. The Morgan fingerprint density at radius 2 is 2.04 bits per heavy atom. The van der Waals surface area contributed by atoms with Gasteiger partial charge in [-0.3, -0.25) is 9.69 Å². The molecule has 0 atom stereocenters. The van der Waals surface area contributed by atoms with E-state index in [1.54, 1.807) is 10.7 Å². The van der Waals surface area contributed by atoms with Crippen LogP contribution in [0.3, 0.4) is 0 Å². The molecule has 0 spiro atoms. The van der Waals surface area contributed by atoms with Gasteiger partial charge in [-0.2, -0.15) is 5.10 Å². The molecule has 0 saturated carbocycles. The van der Waals surface area contributed by atoms with Gasteiger partial charge in [0, 0.05) is 39.1 Å². The van der Waals surface area contributed by atoms with Gasteiger partial charge in [-0.15, -0.1) is 0 Å². The van der Waals surface area contributed by atoms with E-state index in [0.717, 1.165) is 44.0 Å². The number of pyridine rings is 1. The summed E-state index contributed by atoms with van der Waals surface area (Å²) in [5.41, 5.74) is 1.51. The number of carbonyl (C=O) groups excluding carboxylic acids is 1. The molecule has 0 bridgehead atoms. The maximum atomic E-state index is 11.9. The normalized spacial score (nSPS) is 16.8. The van der Waals surface area contributed by atoms with Crippen LogP contribution in [0.1, 0.15) is 23.7 Å². The van der Waals surface area contributed by atoms with Gasteiger partial charge in [-0.1, -0.05) is 6.92 Å². The summed E-state index contributed by atoms with van der Waals surface area (Å²) in [6, 6.07) is 3.81. The van der Waals surface area contributed by atoms with Gasteiger partial charge in [-0.05, 0) is 19.2 Å². The van der Waals surface area contributed by atoms with E-state index in [2.05, 4.69) is 21.9 Å². The molecule has 1 fully saturated rings. The predicted octanol–water partition coefficient (Wildman–Crippen LogP) is 1.55. The number of nitrogens with zero attached hydrogens (tertiary/aromatic N) is 4. The number of Topliss-reactive ketones (excluding diaryl/α,β-unsaturated/α-hetero) is 1. The average molecular weight is 316 g/mol. The molecule has 3 heterocycles. The fraction of sp³-hybridized carbons (Fsp3) is 0.529. The molecule has 0 aliphatic carbocycles. The number of rotatable bonds is 6. The highest BCUT2D eigenvalue weighted by Crippen LogP contribution is 2.17. The van der Waals surface area contributed by atoms with Crippen molar-refractivity contribution in [3.63, 3.8) is 0 Å². The van der Waals surface area contributed by atoms with Crippen molar-refractivity contribution in [3.05, 3.63) is 30.1 Å². The zero-order chi connectivity index (χ0) is 16.2. The molecule has 2 aromatic rings. The van der Waals surface area contributed by atoms with E-state index in [1.807, 2.05) is 25.3 Å². The molecule has 1 saturated heterocycles. The van der Waals surface area contributed by atoms with E-state index >= 15 is 0 Å². The molecule has 0 N–H and O–H groups in total. The first-order chi connectivity index (χ1) is 11.2. The summed E-state index contributed by atoms with van der Waals surface area (Å²) < 4.78 is 7.56. The zero-order valence-corrected chi connectivity index (χ0v) is 13.9. The van der Waals surface area contributed by atoms with Crippen LogP contribution in [0, 0.1) is 0 Å². The monoisotopic (exact) mass is 316 g/mol. The van der Waals surface area contributed by atoms with Crippen molar-refractivity contribution in [1.82, 2.24) is 19.4 Å². The lowest BCUT2D eigenvalue weighted by Crippen LogP contribution is -2.45. The van der Waals surface area contributed by atoms with Gasteiger partial charge < -0.3 is 9.64 Å². The van der Waals surface area contributed by atoms with Crippen molar-refractivity contribution in [2.24, 2.45) is 0 Å². The van der Waals surface area contributed by atoms with Gasteiger partial charge in [-0.25, -0.2) is 4.52 Å². The zero-order valence-electron chi connectivity index (χ0n) is 13.9. The van der Waals surface area contributed by atoms with Crippen molar-refractivity contribution in [2.75, 3.05) is 46.4 Å². The Morgan fingerprint density at radius 1 is 1.26 bits per heavy atom. The Balaban J connectivity index is 1.57. The van der Waals surface area contributed by atoms with Crippen molar-refractivity contribution in [1.29, 1.82) is 0 Å². The number of fused-ring (bicyclic) bond motifs is 1. The molecule has 23 heavy (non-hydrogen) atoms. The van der Waals surface area contributed by atoms with Crippen LogP contribution >= 0.6 is 0 Å². The molecule has 0 unspecified atom stereocenters. The first-order valence-corrected chi connectivity index (χ1v) is 8.21. The Labute approximate surface area is 136 Å². The minimum Gasteiger partial charge on any atom is -0.491 e. The molecular weight excluding hydrogens is 292 g/mol. The molecule has 6 heteroatoms. The summed E-state index contributed by atoms with van der Waals surface area (Å²) >= 11 is 0. The number of hydrogen-bond acceptors (Lipinski definition) is 5. The molecule has 6 nitrogen and oxygen atoms in total. The van der Waals surface area contributed by atoms with E-state index in [9.17, 15) is 4.79 Å². The van der Waals surface area contributed by atoms with E-state index < -0.39 is 0 Å². The molecule has 0 aromatic carbocycles. The van der Waals surface area contributed by atoms with Crippen molar-refractivity contribution in [3.8, 4) is 5.75 Å². The highest BCUT2D eigenvalue weighted by molar-refractivity contribution is 6.01. The van der Waals surface area contributed by atoms with Gasteiger partial charge in [0.25, 0.3) is 0 Å². The number of likely N-dealkylation sites (N-methyl/N-ethyl adjacent to an activating group) is 1. The molecular formula is C17H24N4O2. The SMILES string of the molecule is CCC(=O)c1cnn2cc(OCCN3CCN(C)CC3)ccc12. The lowest BCUT2D eigenvalue weighted by Gasteiger charge is -2.32. The number of carbonyl (C=O) groups is 1. The Kier molecular flexibility index (Phi) is 4.93. The number of ketones is 1. The largest absolute Gasteiger partial charge is 0.491 e. The van der Waals surface area contributed by atoms with Crippen LogP contribution in [-0.4, -0.2) is 71.6 Å². The summed E-state index contributed by atoms with van der Waals surface area (Å²) in [5, 5.41) is 4.25. The molecule has 3 rings (SSSR count). The van der Waals surface area contributed by atoms with Crippen molar-refractivity contribution < 1.29 is 9.53 Å². The number of ether oxygens (including phenoxy) is 1. The van der Waals surface area contributed by atoms with Crippen LogP contribution in [0.5, 0.6) is 5.75 Å². The summed E-state index contributed by atoms with van der Waals surface area (Å²) in [7, 11) is 2.16. The first kappa shape index (κ1) is 16.0. The smallest absolute Gasteiger partial charge is 0.166 e. The highest BCUT2D eigenvalue weighted by atomic mass is 16.5. The Morgan fingerprint density at radius 3 is 2.78 bits per heavy atom. The van der Waals surface area contributed by atoms with E-state index in [0.29, 0.717) is 18.6 Å². The summed E-state index contributed by atoms with van der Waals surface area (Å²) in [5.74, 6) is 0.897. The summed E-state index contributed by atoms with van der Waals surface area (Å²) in [4.78, 5) is 16.6. The second-order valence-corrected chi connectivity index (χ2v) is 6.02. The van der Waals surface area contributed by atoms with E-state index in [-0.39, 0.29) is 5.78 Å². The quantitative estimate of drug-likeness (QED) is 0.757. The predicted molar refractivity (Wildman–Crippen MR) is 89.2 cm³/mol. The van der Waals surface area contributed by atoms with Crippen LogP contribution in [0.25, 0.3) is 5.52 Å². The Hall–Kier alpha value is -1.92. The maximum Gasteiger partial charge on any atom is 0.166 e. The van der Waals surface area contributed by atoms with Crippen LogP contribution in [0.2, 0.25) is 0 Å². The van der Waals surface area contributed by atoms with Gasteiger partial charge in [0.2, 0.25) is 0 Å². The van der Waals surface area contributed by atoms with Crippen LogP contribution < -0.4 is 4.74 Å². The molecule has 0 radical (unpaired) electrons. The van der Waals surface area contributed by atoms with Crippen LogP contribution in [0.4, 0.5) is 0 Å². The van der Waals surface area contributed by atoms with Gasteiger partial charge in [0.1, 0.15) is 12.4 Å². The highest BCUT2D eigenvalue weighted by Gasteiger charge is 2.14. The van der Waals surface area contributed by atoms with Gasteiger partial charge in [0.05, 0.1) is 23.5 Å². The van der Waals surface area contributed by atoms with E-state index in [1.165, 1.54) is 0 Å². The molecule has 1 aliphatic rings. The average Bonchev–Trinajstić information content (AvgIpc) is 2.99. The number of aromatic nitrogens is 2. The topological polar surface area (TPSA) is 50.1 Å². The van der Waals surface area contributed by atoms with Crippen molar-refractivity contribution in [2.45, 2.75) is 13.3 Å². The van der Waals surface area contributed by atoms with Gasteiger partial charge >= 0.3 is 0 Å². The lowest BCUT2D eigenvalue weighted by molar-refractivity contribution is 0.0989. The second-order valence-electron chi connectivity index (χ2n) is 6.02. The number of hydrogen-bond donors (Lipinski definition) is 0. The molecule has 2 aromatic heterocycles. The Bertz CT molecular complexity index is 674. The molecule has 124 valence electrons.